The number of esters is 1. The fourth-order valence-electron chi connectivity index (χ4n) is 3.26. The number of ether oxygens (including phenoxy) is 2. The molecule has 37 heavy (non-hydrogen) atoms. The van der Waals surface area contributed by atoms with Gasteiger partial charge in [-0.05, 0) is 74.4 Å². The molecule has 0 heterocycles. The Hall–Kier alpha value is -4.73. The first-order valence-corrected chi connectivity index (χ1v) is 11.5. The number of carbonyl (C=O) groups excluding carboxylic acids is 3. The number of nitro groups is 1. The predicted octanol–water partition coefficient (Wildman–Crippen LogP) is 5.21. The highest BCUT2D eigenvalue weighted by Gasteiger charge is 2.14. The van der Waals surface area contributed by atoms with Gasteiger partial charge in [0.2, 0.25) is 5.91 Å². The molecule has 3 aromatic carbocycles. The Balaban J connectivity index is 1.39. The van der Waals surface area contributed by atoms with Crippen molar-refractivity contribution in [3.05, 3.63) is 87.5 Å². The van der Waals surface area contributed by atoms with Gasteiger partial charge in [-0.25, -0.2) is 0 Å². The van der Waals surface area contributed by atoms with Gasteiger partial charge in [-0.15, -0.1) is 0 Å². The lowest BCUT2D eigenvalue weighted by molar-refractivity contribution is -0.385. The summed E-state index contributed by atoms with van der Waals surface area (Å²) in [5.74, 6) is -0.441. The van der Waals surface area contributed by atoms with Gasteiger partial charge < -0.3 is 20.1 Å². The van der Waals surface area contributed by atoms with Crippen molar-refractivity contribution in [2.75, 3.05) is 17.2 Å². The minimum atomic E-state index is -0.725. The molecule has 0 aliphatic heterocycles. The van der Waals surface area contributed by atoms with Crippen molar-refractivity contribution in [1.82, 2.24) is 0 Å². The zero-order chi connectivity index (χ0) is 26.9. The average molecular weight is 506 g/mol. The molecular formula is C27H27N3O7. The lowest BCUT2D eigenvalue weighted by Gasteiger charge is -2.10. The molecule has 0 aliphatic rings. The fourth-order valence-corrected chi connectivity index (χ4v) is 3.26. The molecule has 0 unspecified atom stereocenters. The number of aryl methyl sites for hydroxylation is 3. The van der Waals surface area contributed by atoms with E-state index in [0.717, 1.165) is 5.56 Å². The van der Waals surface area contributed by atoms with Gasteiger partial charge in [0, 0.05) is 29.4 Å². The van der Waals surface area contributed by atoms with E-state index in [1.54, 1.807) is 31.2 Å². The Labute approximate surface area is 213 Å². The number of nitrogens with zero attached hydrogens (tertiary/aromatic N) is 1. The first-order valence-electron chi connectivity index (χ1n) is 11.5. The summed E-state index contributed by atoms with van der Waals surface area (Å²) in [7, 11) is 0. The maximum Gasteiger partial charge on any atom is 0.306 e. The molecule has 0 aliphatic carbocycles. The van der Waals surface area contributed by atoms with E-state index in [4.69, 9.17) is 9.47 Å². The van der Waals surface area contributed by atoms with E-state index in [-0.39, 0.29) is 24.2 Å². The second-order valence-electron chi connectivity index (χ2n) is 8.39. The third-order valence-electron chi connectivity index (χ3n) is 5.46. The molecular weight excluding hydrogens is 478 g/mol. The molecule has 0 aromatic heterocycles. The molecule has 10 heteroatoms. The third-order valence-corrected chi connectivity index (χ3v) is 5.46. The number of nitro benzene ring substituents is 1. The zero-order valence-corrected chi connectivity index (χ0v) is 20.7. The molecule has 2 amide bonds. The first-order chi connectivity index (χ1) is 17.6. The first kappa shape index (κ1) is 26.9. The number of benzene rings is 3. The number of carbonyl (C=O) groups is 3. The van der Waals surface area contributed by atoms with E-state index in [9.17, 15) is 24.5 Å². The summed E-state index contributed by atoms with van der Waals surface area (Å²) >= 11 is 0. The Bertz CT molecular complexity index is 1320. The number of nitrogens with one attached hydrogen (secondary N) is 2. The van der Waals surface area contributed by atoms with E-state index in [1.807, 2.05) is 32.0 Å². The standard InChI is InChI=1S/C27H27N3O7/c1-17-5-9-23(14-19(17)3)37-22-10-7-20(8-11-22)28-25(31)12-13-27(33)36-16-26(32)29-21-6-4-18(2)24(15-21)30(34)35/h4-11,14-15H,12-13,16H2,1-3H3,(H,28,31)(H,29,32). The summed E-state index contributed by atoms with van der Waals surface area (Å²) in [6.07, 6.45) is -0.353. The lowest BCUT2D eigenvalue weighted by Crippen LogP contribution is -2.21. The average Bonchev–Trinajstić information content (AvgIpc) is 2.86. The van der Waals surface area contributed by atoms with Crippen LogP contribution in [-0.2, 0) is 19.1 Å². The third kappa shape index (κ3) is 8.17. The largest absolute Gasteiger partial charge is 0.457 e. The summed E-state index contributed by atoms with van der Waals surface area (Å²) in [6, 6.07) is 16.9. The van der Waals surface area contributed by atoms with Crippen LogP contribution in [0.3, 0.4) is 0 Å². The summed E-state index contributed by atoms with van der Waals surface area (Å²) in [4.78, 5) is 46.5. The topological polar surface area (TPSA) is 137 Å². The van der Waals surface area contributed by atoms with Crippen LogP contribution >= 0.6 is 0 Å². The Morgan fingerprint density at radius 2 is 1.38 bits per heavy atom. The fraction of sp³-hybridized carbons (Fsp3) is 0.222. The molecule has 0 atom stereocenters. The molecule has 3 rings (SSSR count). The van der Waals surface area contributed by atoms with Crippen LogP contribution in [0, 0.1) is 30.9 Å². The Kier molecular flexibility index (Phi) is 8.93. The van der Waals surface area contributed by atoms with Gasteiger partial charge in [-0.3, -0.25) is 24.5 Å². The van der Waals surface area contributed by atoms with E-state index < -0.39 is 29.3 Å². The van der Waals surface area contributed by atoms with Gasteiger partial charge in [0.1, 0.15) is 11.5 Å². The van der Waals surface area contributed by atoms with Gasteiger partial charge >= 0.3 is 5.97 Å². The van der Waals surface area contributed by atoms with Crippen LogP contribution < -0.4 is 15.4 Å². The van der Waals surface area contributed by atoms with E-state index in [2.05, 4.69) is 10.6 Å². The van der Waals surface area contributed by atoms with Crippen LogP contribution in [0.5, 0.6) is 11.5 Å². The van der Waals surface area contributed by atoms with Gasteiger partial charge in [0.15, 0.2) is 6.61 Å². The smallest absolute Gasteiger partial charge is 0.306 e. The van der Waals surface area contributed by atoms with Crippen LogP contribution in [0.1, 0.15) is 29.5 Å². The van der Waals surface area contributed by atoms with Crippen molar-refractivity contribution in [2.24, 2.45) is 0 Å². The minimum Gasteiger partial charge on any atom is -0.457 e. The van der Waals surface area contributed by atoms with Crippen molar-refractivity contribution < 1.29 is 28.8 Å². The molecule has 0 bridgehead atoms. The van der Waals surface area contributed by atoms with Gasteiger partial charge in [0.25, 0.3) is 11.6 Å². The molecule has 10 nitrogen and oxygen atoms in total. The minimum absolute atomic E-state index is 0.133. The van der Waals surface area contributed by atoms with Crippen LogP contribution in [-0.4, -0.2) is 29.3 Å². The summed E-state index contributed by atoms with van der Waals surface area (Å²) in [5, 5.41) is 16.1. The molecule has 3 aromatic rings. The highest BCUT2D eigenvalue weighted by molar-refractivity contribution is 5.94. The van der Waals surface area contributed by atoms with Crippen LogP contribution in [0.2, 0.25) is 0 Å². The highest BCUT2D eigenvalue weighted by Crippen LogP contribution is 2.25. The number of hydrogen-bond acceptors (Lipinski definition) is 7. The number of anilines is 2. The molecule has 2 N–H and O–H groups in total. The number of amides is 2. The van der Waals surface area contributed by atoms with Crippen LogP contribution in [0.25, 0.3) is 0 Å². The van der Waals surface area contributed by atoms with Crippen molar-refractivity contribution in [1.29, 1.82) is 0 Å². The zero-order valence-electron chi connectivity index (χ0n) is 20.7. The normalized spacial score (nSPS) is 10.4. The number of rotatable bonds is 10. The van der Waals surface area contributed by atoms with Gasteiger partial charge in [0.05, 0.1) is 11.3 Å². The lowest BCUT2D eigenvalue weighted by atomic mass is 10.1. The molecule has 0 saturated heterocycles. The number of hydrogen-bond donors (Lipinski definition) is 2. The molecule has 0 spiro atoms. The molecule has 192 valence electrons. The van der Waals surface area contributed by atoms with Crippen LogP contribution in [0.4, 0.5) is 17.1 Å². The van der Waals surface area contributed by atoms with Crippen molar-refractivity contribution in [3.8, 4) is 11.5 Å². The van der Waals surface area contributed by atoms with Gasteiger partial charge in [-0.2, -0.15) is 0 Å². The predicted molar refractivity (Wildman–Crippen MR) is 138 cm³/mol. The second kappa shape index (κ2) is 12.3. The highest BCUT2D eigenvalue weighted by atomic mass is 16.6. The molecule has 0 fully saturated rings. The summed E-state index contributed by atoms with van der Waals surface area (Å²) < 4.78 is 10.7. The maximum absolute atomic E-state index is 12.2. The van der Waals surface area contributed by atoms with Crippen molar-refractivity contribution >= 4 is 34.8 Å². The maximum atomic E-state index is 12.2. The summed E-state index contributed by atoms with van der Waals surface area (Å²) in [6.45, 7) is 5.03. The van der Waals surface area contributed by atoms with E-state index >= 15 is 0 Å². The van der Waals surface area contributed by atoms with E-state index in [1.165, 1.54) is 23.8 Å². The summed E-state index contributed by atoms with van der Waals surface area (Å²) in [5.41, 5.74) is 3.37. The second-order valence-corrected chi connectivity index (χ2v) is 8.39. The van der Waals surface area contributed by atoms with E-state index in [0.29, 0.717) is 22.7 Å². The molecule has 0 saturated carbocycles. The quantitative estimate of drug-likeness (QED) is 0.219. The Morgan fingerprint density at radius 1 is 0.757 bits per heavy atom. The monoisotopic (exact) mass is 505 g/mol. The van der Waals surface area contributed by atoms with Crippen LogP contribution in [0.15, 0.2) is 60.7 Å². The molecule has 0 radical (unpaired) electrons. The Morgan fingerprint density at radius 3 is 2.05 bits per heavy atom. The van der Waals surface area contributed by atoms with Crippen molar-refractivity contribution in [3.63, 3.8) is 0 Å². The SMILES string of the molecule is Cc1ccc(Oc2ccc(NC(=O)CCC(=O)OCC(=O)Nc3ccc(C)c([N+](=O)[O-])c3)cc2)cc1C. The van der Waals surface area contributed by atoms with Crippen molar-refractivity contribution in [2.45, 2.75) is 33.6 Å². The van der Waals surface area contributed by atoms with Gasteiger partial charge in [-0.1, -0.05) is 12.1 Å².